The Labute approximate surface area is 140 Å². The van der Waals surface area contributed by atoms with Crippen LogP contribution in [0, 0.1) is 6.92 Å². The Balaban J connectivity index is 1.92. The van der Waals surface area contributed by atoms with Crippen LogP contribution in [-0.2, 0) is 4.79 Å². The maximum Gasteiger partial charge on any atom is 0.296 e. The van der Waals surface area contributed by atoms with E-state index in [1.807, 2.05) is 49.4 Å². The smallest absolute Gasteiger partial charge is 0.296 e. The summed E-state index contributed by atoms with van der Waals surface area (Å²) in [5.41, 5.74) is 3.93. The number of para-hydroxylation sites is 2. The Morgan fingerprint density at radius 1 is 1.04 bits per heavy atom. The molecule has 0 bridgehead atoms. The van der Waals surface area contributed by atoms with E-state index in [4.69, 9.17) is 0 Å². The topological polar surface area (TPSA) is 62.0 Å². The molecule has 4 nitrogen and oxygen atoms in total. The van der Waals surface area contributed by atoms with Gasteiger partial charge in [0.2, 0.25) is 0 Å². The average Bonchev–Trinajstić information content (AvgIpc) is 2.99. The molecule has 3 rings (SSSR count). The number of carbonyl (C=O) groups is 2. The first-order valence-electron chi connectivity index (χ1n) is 8.00. The molecule has 2 aromatic carbocycles. The van der Waals surface area contributed by atoms with Crippen LogP contribution in [0.3, 0.4) is 0 Å². The maximum atomic E-state index is 12.6. The van der Waals surface area contributed by atoms with Gasteiger partial charge in [-0.1, -0.05) is 50.2 Å². The lowest BCUT2D eigenvalue weighted by atomic mass is 9.98. The van der Waals surface area contributed by atoms with Crippen LogP contribution in [0.5, 0.6) is 0 Å². The monoisotopic (exact) mass is 320 g/mol. The van der Waals surface area contributed by atoms with E-state index < -0.39 is 11.7 Å². The highest BCUT2D eigenvalue weighted by Crippen LogP contribution is 2.28. The average molecular weight is 320 g/mol. The maximum absolute atomic E-state index is 12.6. The first-order chi connectivity index (χ1) is 11.5. The molecule has 2 N–H and O–H groups in total. The van der Waals surface area contributed by atoms with Crippen molar-refractivity contribution in [1.29, 1.82) is 0 Å². The first kappa shape index (κ1) is 16.0. The second-order valence-electron chi connectivity index (χ2n) is 6.23. The predicted octanol–water partition coefficient (Wildman–Crippen LogP) is 4.42. The lowest BCUT2D eigenvalue weighted by Crippen LogP contribution is -2.24. The number of anilines is 1. The standard InChI is InChI=1S/C20H20N2O2/c1-12(2)14-9-6-7-13(3)18(14)22-20(24)19(23)16-11-21-17-10-5-4-8-15(16)17/h4-12,21H,1-3H3,(H,22,24). The number of aromatic nitrogens is 1. The van der Waals surface area contributed by atoms with E-state index in [9.17, 15) is 9.59 Å². The number of amides is 1. The zero-order valence-electron chi connectivity index (χ0n) is 14.0. The highest BCUT2D eigenvalue weighted by molar-refractivity contribution is 6.48. The number of ketones is 1. The molecular formula is C20H20N2O2. The van der Waals surface area contributed by atoms with E-state index in [-0.39, 0.29) is 5.92 Å². The summed E-state index contributed by atoms with van der Waals surface area (Å²) in [5.74, 6) is -0.898. The summed E-state index contributed by atoms with van der Waals surface area (Å²) in [4.78, 5) is 28.1. The number of aromatic amines is 1. The van der Waals surface area contributed by atoms with Crippen molar-refractivity contribution in [3.05, 3.63) is 65.4 Å². The van der Waals surface area contributed by atoms with E-state index in [0.717, 1.165) is 27.7 Å². The summed E-state index contributed by atoms with van der Waals surface area (Å²) in [6, 6.07) is 13.3. The van der Waals surface area contributed by atoms with E-state index in [1.54, 1.807) is 6.20 Å². The summed E-state index contributed by atoms with van der Waals surface area (Å²) in [7, 11) is 0. The van der Waals surface area contributed by atoms with Crippen molar-refractivity contribution in [2.75, 3.05) is 5.32 Å². The number of hydrogen-bond acceptors (Lipinski definition) is 2. The minimum atomic E-state index is -0.615. The molecule has 24 heavy (non-hydrogen) atoms. The molecule has 4 heteroatoms. The van der Waals surface area contributed by atoms with Gasteiger partial charge >= 0.3 is 0 Å². The largest absolute Gasteiger partial charge is 0.360 e. The van der Waals surface area contributed by atoms with Gasteiger partial charge in [0.25, 0.3) is 11.7 Å². The van der Waals surface area contributed by atoms with E-state index in [0.29, 0.717) is 5.56 Å². The molecule has 122 valence electrons. The summed E-state index contributed by atoms with van der Waals surface area (Å²) < 4.78 is 0. The van der Waals surface area contributed by atoms with Crippen molar-refractivity contribution < 1.29 is 9.59 Å². The van der Waals surface area contributed by atoms with Crippen LogP contribution >= 0.6 is 0 Å². The molecule has 0 aliphatic rings. The van der Waals surface area contributed by atoms with Crippen LogP contribution in [0.2, 0.25) is 0 Å². The SMILES string of the molecule is Cc1cccc(C(C)C)c1NC(=O)C(=O)c1c[nH]c2ccccc12. The molecular weight excluding hydrogens is 300 g/mol. The molecule has 0 unspecified atom stereocenters. The Hall–Kier alpha value is -2.88. The van der Waals surface area contributed by atoms with Crippen LogP contribution in [-0.4, -0.2) is 16.7 Å². The van der Waals surface area contributed by atoms with Crippen molar-refractivity contribution in [3.63, 3.8) is 0 Å². The van der Waals surface area contributed by atoms with Gasteiger partial charge in [0.15, 0.2) is 0 Å². The van der Waals surface area contributed by atoms with Gasteiger partial charge < -0.3 is 10.3 Å². The molecule has 0 saturated carbocycles. The third kappa shape index (κ3) is 2.83. The summed E-state index contributed by atoms with van der Waals surface area (Å²) in [6.45, 7) is 6.05. The number of aryl methyl sites for hydroxylation is 1. The normalized spacial score (nSPS) is 11.0. The molecule has 0 aliphatic heterocycles. The fourth-order valence-corrected chi connectivity index (χ4v) is 2.89. The number of benzene rings is 2. The minimum absolute atomic E-state index is 0.253. The zero-order valence-corrected chi connectivity index (χ0v) is 14.0. The molecule has 1 aromatic heterocycles. The first-order valence-corrected chi connectivity index (χ1v) is 8.00. The fourth-order valence-electron chi connectivity index (χ4n) is 2.89. The Morgan fingerprint density at radius 2 is 1.79 bits per heavy atom. The number of nitrogens with one attached hydrogen (secondary N) is 2. The van der Waals surface area contributed by atoms with Gasteiger partial charge in [-0.2, -0.15) is 0 Å². The molecule has 0 atom stereocenters. The van der Waals surface area contributed by atoms with Gasteiger partial charge in [-0.15, -0.1) is 0 Å². The molecule has 3 aromatic rings. The molecule has 1 heterocycles. The highest BCUT2D eigenvalue weighted by Gasteiger charge is 2.21. The number of fused-ring (bicyclic) bond motifs is 1. The van der Waals surface area contributed by atoms with Gasteiger partial charge in [-0.05, 0) is 30.0 Å². The third-order valence-electron chi connectivity index (χ3n) is 4.21. The van der Waals surface area contributed by atoms with E-state index in [2.05, 4.69) is 24.1 Å². The van der Waals surface area contributed by atoms with Gasteiger partial charge in [0, 0.05) is 22.8 Å². The van der Waals surface area contributed by atoms with E-state index >= 15 is 0 Å². The van der Waals surface area contributed by atoms with E-state index in [1.165, 1.54) is 0 Å². The van der Waals surface area contributed by atoms with Gasteiger partial charge in [0.05, 0.1) is 5.56 Å². The van der Waals surface area contributed by atoms with Gasteiger partial charge in [0.1, 0.15) is 0 Å². The molecule has 0 fully saturated rings. The summed E-state index contributed by atoms with van der Waals surface area (Å²) in [6.07, 6.45) is 1.59. The molecule has 0 radical (unpaired) electrons. The third-order valence-corrected chi connectivity index (χ3v) is 4.21. The molecule has 0 saturated heterocycles. The van der Waals surface area contributed by atoms with Gasteiger partial charge in [-0.3, -0.25) is 9.59 Å². The molecule has 0 spiro atoms. The molecule has 1 amide bonds. The fraction of sp³-hybridized carbons (Fsp3) is 0.200. The molecule has 0 aliphatic carbocycles. The van der Waals surface area contributed by atoms with Crippen LogP contribution in [0.15, 0.2) is 48.7 Å². The van der Waals surface area contributed by atoms with Crippen molar-refractivity contribution in [2.45, 2.75) is 26.7 Å². The van der Waals surface area contributed by atoms with Crippen molar-refractivity contribution in [1.82, 2.24) is 4.98 Å². The second kappa shape index (κ2) is 6.32. The van der Waals surface area contributed by atoms with Gasteiger partial charge in [-0.25, -0.2) is 0 Å². The Kier molecular flexibility index (Phi) is 4.21. The lowest BCUT2D eigenvalue weighted by molar-refractivity contribution is -0.112. The van der Waals surface area contributed by atoms with Crippen LogP contribution in [0.1, 0.15) is 41.3 Å². The quantitative estimate of drug-likeness (QED) is 0.552. The zero-order chi connectivity index (χ0) is 17.3. The van der Waals surface area contributed by atoms with Crippen LogP contribution in [0.4, 0.5) is 5.69 Å². The van der Waals surface area contributed by atoms with Crippen molar-refractivity contribution in [3.8, 4) is 0 Å². The number of Topliss-reactive ketones (excluding diaryl/α,β-unsaturated/α-hetero) is 1. The number of hydrogen-bond donors (Lipinski definition) is 2. The number of rotatable bonds is 4. The number of carbonyl (C=O) groups excluding carboxylic acids is 2. The van der Waals surface area contributed by atoms with Crippen molar-refractivity contribution >= 4 is 28.3 Å². The summed E-state index contributed by atoms with van der Waals surface area (Å²) in [5, 5.41) is 3.57. The van der Waals surface area contributed by atoms with Crippen LogP contribution < -0.4 is 5.32 Å². The van der Waals surface area contributed by atoms with Crippen LogP contribution in [0.25, 0.3) is 10.9 Å². The Bertz CT molecular complexity index is 922. The lowest BCUT2D eigenvalue weighted by Gasteiger charge is -2.16. The van der Waals surface area contributed by atoms with Crippen molar-refractivity contribution in [2.24, 2.45) is 0 Å². The predicted molar refractivity (Wildman–Crippen MR) is 96.5 cm³/mol. The summed E-state index contributed by atoms with van der Waals surface area (Å²) >= 11 is 0. The highest BCUT2D eigenvalue weighted by atomic mass is 16.2. The number of H-pyrrole nitrogens is 1. The second-order valence-corrected chi connectivity index (χ2v) is 6.23. The Morgan fingerprint density at radius 3 is 2.54 bits per heavy atom. The minimum Gasteiger partial charge on any atom is -0.360 e.